The highest BCUT2D eigenvalue weighted by Crippen LogP contribution is 1.78. The lowest BCUT2D eigenvalue weighted by Gasteiger charge is -1.94. The molecule has 0 aliphatic heterocycles. The molecule has 0 spiro atoms. The molecule has 2 rings (SSSR count). The average molecular weight is 193 g/mol. The van der Waals surface area contributed by atoms with Crippen LogP contribution in [0.1, 0.15) is 0 Å². The van der Waals surface area contributed by atoms with E-state index >= 15 is 0 Å². The summed E-state index contributed by atoms with van der Waals surface area (Å²) in [4.78, 5) is 35.8. The molecule has 2 aromatic heterocycles. The molecule has 0 fully saturated rings. The molecule has 1 N–H and O–H groups in total. The Kier molecular flexibility index (Phi) is 1.51. The second kappa shape index (κ2) is 2.47. The monoisotopic (exact) mass is 193 g/mol. The van der Waals surface area contributed by atoms with Crippen LogP contribution in [-0.4, -0.2) is 31.6 Å². The van der Waals surface area contributed by atoms with E-state index in [1.807, 2.05) is 0 Å². The van der Waals surface area contributed by atoms with E-state index in [2.05, 4.69) is 10.1 Å². The summed E-state index contributed by atoms with van der Waals surface area (Å²) in [5.41, 5.74) is -2.42. The Bertz CT molecular complexity index is 673. The number of fused-ring (bicyclic) bond motifs is 1. The first-order chi connectivity index (χ1) is 6.52. The standard InChI is InChI=1S/C5H4BN5O3/c1-9-4(13)10-2(8-9)7-3(12)11(6)5(10)14/h1H3,(H,7,8,12). The topological polar surface area (TPSA) is 94.2 Å². The molecule has 0 aromatic carbocycles. The third-order valence-corrected chi connectivity index (χ3v) is 1.76. The van der Waals surface area contributed by atoms with Gasteiger partial charge in [0.15, 0.2) is 0 Å². The molecule has 0 aliphatic carbocycles. The Hall–Kier alpha value is -2.06. The second-order valence-corrected chi connectivity index (χ2v) is 2.65. The molecule has 0 saturated heterocycles. The molecule has 9 heteroatoms. The van der Waals surface area contributed by atoms with Crippen molar-refractivity contribution in [2.24, 2.45) is 7.05 Å². The highest BCUT2D eigenvalue weighted by Gasteiger charge is 2.09. The first kappa shape index (κ1) is 8.54. The van der Waals surface area contributed by atoms with Crippen LogP contribution in [0.3, 0.4) is 0 Å². The maximum Gasteiger partial charge on any atom is 0.355 e. The maximum absolute atomic E-state index is 11.3. The largest absolute Gasteiger partial charge is 0.355 e. The van der Waals surface area contributed by atoms with E-state index in [1.54, 1.807) is 0 Å². The van der Waals surface area contributed by atoms with Gasteiger partial charge in [-0.3, -0.25) is 4.98 Å². The van der Waals surface area contributed by atoms with E-state index in [9.17, 15) is 14.4 Å². The van der Waals surface area contributed by atoms with Gasteiger partial charge in [-0.25, -0.2) is 19.1 Å². The zero-order valence-electron chi connectivity index (χ0n) is 7.09. The molecule has 0 saturated carbocycles. The van der Waals surface area contributed by atoms with E-state index in [-0.39, 0.29) is 5.78 Å². The Morgan fingerprint density at radius 2 is 1.93 bits per heavy atom. The van der Waals surface area contributed by atoms with Gasteiger partial charge in [0.25, 0.3) is 0 Å². The summed E-state index contributed by atoms with van der Waals surface area (Å²) in [6, 6.07) is 0. The minimum atomic E-state index is -0.929. The molecule has 0 amide bonds. The minimum absolute atomic E-state index is 0.130. The van der Waals surface area contributed by atoms with Gasteiger partial charge in [0.2, 0.25) is 13.8 Å². The number of hydrogen-bond donors (Lipinski definition) is 1. The molecule has 70 valence electrons. The van der Waals surface area contributed by atoms with Crippen LogP contribution in [0.2, 0.25) is 0 Å². The molecular formula is C5H4BN5O3. The molecule has 8 nitrogen and oxygen atoms in total. The minimum Gasteiger partial charge on any atom is -0.304 e. The maximum atomic E-state index is 11.3. The molecule has 14 heavy (non-hydrogen) atoms. The molecular weight excluding hydrogens is 189 g/mol. The number of aromatic amines is 1. The summed E-state index contributed by atoms with van der Waals surface area (Å²) in [5, 5.41) is 3.62. The first-order valence-electron chi connectivity index (χ1n) is 3.58. The van der Waals surface area contributed by atoms with Gasteiger partial charge < -0.3 is 4.48 Å². The zero-order chi connectivity index (χ0) is 10.5. The highest BCUT2D eigenvalue weighted by atomic mass is 16.2. The van der Waals surface area contributed by atoms with Crippen molar-refractivity contribution in [3.8, 4) is 0 Å². The van der Waals surface area contributed by atoms with E-state index < -0.39 is 17.1 Å². The quantitative estimate of drug-likeness (QED) is 0.446. The second-order valence-electron chi connectivity index (χ2n) is 2.65. The molecule has 0 unspecified atom stereocenters. The lowest BCUT2D eigenvalue weighted by Crippen LogP contribution is -2.41. The summed E-state index contributed by atoms with van der Waals surface area (Å²) in [7, 11) is 6.44. The normalized spacial score (nSPS) is 10.9. The number of nitrogens with one attached hydrogen (secondary N) is 1. The molecule has 0 atom stereocenters. The summed E-state index contributed by atoms with van der Waals surface area (Å²) in [6.07, 6.45) is 0. The smallest absolute Gasteiger partial charge is 0.304 e. The van der Waals surface area contributed by atoms with Crippen LogP contribution >= 0.6 is 0 Å². The van der Waals surface area contributed by atoms with Gasteiger partial charge in [-0.2, -0.15) is 4.40 Å². The van der Waals surface area contributed by atoms with Crippen LogP contribution in [-0.2, 0) is 7.05 Å². The predicted molar refractivity (Wildman–Crippen MR) is 46.5 cm³/mol. The molecule has 2 aromatic rings. The summed E-state index contributed by atoms with van der Waals surface area (Å²) in [6.45, 7) is 0. The SMILES string of the molecule is [B]n1c(=O)[nH]c2nn(C)c(=O)n2c1=O. The number of H-pyrrole nitrogens is 1. The van der Waals surface area contributed by atoms with Crippen molar-refractivity contribution in [3.05, 3.63) is 31.5 Å². The van der Waals surface area contributed by atoms with Crippen molar-refractivity contribution >= 4 is 13.8 Å². The third kappa shape index (κ3) is 0.887. The molecule has 2 heterocycles. The van der Waals surface area contributed by atoms with E-state index in [0.717, 1.165) is 4.68 Å². The average Bonchev–Trinajstić information content (AvgIpc) is 2.39. The Balaban J connectivity index is 3.24. The van der Waals surface area contributed by atoms with Crippen LogP contribution in [0.5, 0.6) is 0 Å². The van der Waals surface area contributed by atoms with Crippen LogP contribution in [0.4, 0.5) is 0 Å². The molecule has 2 radical (unpaired) electrons. The van der Waals surface area contributed by atoms with Gasteiger partial charge in [0.05, 0.1) is 0 Å². The van der Waals surface area contributed by atoms with Crippen molar-refractivity contribution in [2.45, 2.75) is 0 Å². The van der Waals surface area contributed by atoms with Crippen molar-refractivity contribution in [1.82, 2.24) is 23.6 Å². The van der Waals surface area contributed by atoms with Crippen LogP contribution < -0.4 is 17.1 Å². The van der Waals surface area contributed by atoms with Gasteiger partial charge in [0, 0.05) is 7.05 Å². The van der Waals surface area contributed by atoms with Crippen molar-refractivity contribution in [3.63, 3.8) is 0 Å². The summed E-state index contributed by atoms with van der Waals surface area (Å²) >= 11 is 0. The van der Waals surface area contributed by atoms with E-state index in [1.165, 1.54) is 7.05 Å². The number of aromatic nitrogens is 5. The predicted octanol–water partition coefficient (Wildman–Crippen LogP) is -3.19. The van der Waals surface area contributed by atoms with Crippen molar-refractivity contribution < 1.29 is 0 Å². The fourth-order valence-corrected chi connectivity index (χ4v) is 1.07. The lowest BCUT2D eigenvalue weighted by molar-refractivity contribution is 0.726. The van der Waals surface area contributed by atoms with Crippen LogP contribution in [0.25, 0.3) is 5.78 Å². The van der Waals surface area contributed by atoms with Gasteiger partial charge >= 0.3 is 17.1 Å². The number of rotatable bonds is 0. The Labute approximate surface area is 76.8 Å². The molecule has 0 aliphatic rings. The highest BCUT2D eigenvalue weighted by molar-refractivity contribution is 6.06. The third-order valence-electron chi connectivity index (χ3n) is 1.76. The number of nitrogens with zero attached hydrogens (tertiary/aromatic N) is 4. The van der Waals surface area contributed by atoms with Gasteiger partial charge in [-0.15, -0.1) is 5.10 Å². The van der Waals surface area contributed by atoms with E-state index in [4.69, 9.17) is 7.98 Å². The van der Waals surface area contributed by atoms with Crippen LogP contribution in [0, 0.1) is 0 Å². The summed E-state index contributed by atoms with van der Waals surface area (Å²) < 4.78 is 1.89. The lowest BCUT2D eigenvalue weighted by atomic mass is 10.4. The van der Waals surface area contributed by atoms with E-state index in [0.29, 0.717) is 8.88 Å². The Morgan fingerprint density at radius 1 is 1.29 bits per heavy atom. The van der Waals surface area contributed by atoms with Crippen molar-refractivity contribution in [2.75, 3.05) is 0 Å². The van der Waals surface area contributed by atoms with Gasteiger partial charge in [-0.1, -0.05) is 0 Å². The first-order valence-corrected chi connectivity index (χ1v) is 3.58. The fraction of sp³-hybridized carbons (Fsp3) is 0.200. The fourth-order valence-electron chi connectivity index (χ4n) is 1.07. The number of hydrogen-bond acceptors (Lipinski definition) is 4. The van der Waals surface area contributed by atoms with Crippen LogP contribution in [0.15, 0.2) is 14.4 Å². The summed E-state index contributed by atoms with van der Waals surface area (Å²) in [5.74, 6) is -0.130. The zero-order valence-corrected chi connectivity index (χ0v) is 7.09. The number of aryl methyl sites for hydroxylation is 1. The van der Waals surface area contributed by atoms with Gasteiger partial charge in [-0.05, 0) is 0 Å². The van der Waals surface area contributed by atoms with Gasteiger partial charge in [0.1, 0.15) is 0 Å². The van der Waals surface area contributed by atoms with Crippen molar-refractivity contribution in [1.29, 1.82) is 0 Å². The molecule has 0 bridgehead atoms. The Morgan fingerprint density at radius 3 is 2.57 bits per heavy atom.